The Hall–Kier alpha value is -4.17. The second-order valence-electron chi connectivity index (χ2n) is 6.13. The monoisotopic (exact) mass is 363 g/mol. The van der Waals surface area contributed by atoms with Gasteiger partial charge in [0.1, 0.15) is 11.6 Å². The number of aromatic nitrogens is 2. The lowest BCUT2D eigenvalue weighted by molar-refractivity contribution is 1.17. The smallest absolute Gasteiger partial charge is 0.163 e. The van der Waals surface area contributed by atoms with Gasteiger partial charge in [0.05, 0.1) is 11.6 Å². The highest BCUT2D eigenvalue weighted by Crippen LogP contribution is 2.24. The standard InChI is InChI=1S/C23H17N5/c24-16-17-11-13-20(14-12-17)26-22-15-21(25-19-9-5-2-6-10-19)27-23(28-22)18-7-3-1-4-8-18/h1-15H,(H2,25,26,27,28). The van der Waals surface area contributed by atoms with Crippen molar-refractivity contribution in [2.75, 3.05) is 10.6 Å². The first-order chi connectivity index (χ1) is 13.8. The van der Waals surface area contributed by atoms with Gasteiger partial charge in [0, 0.05) is 23.0 Å². The van der Waals surface area contributed by atoms with E-state index in [9.17, 15) is 0 Å². The minimum atomic E-state index is 0.615. The molecule has 0 aliphatic carbocycles. The molecule has 0 bridgehead atoms. The molecule has 134 valence electrons. The van der Waals surface area contributed by atoms with Crippen LogP contribution in [0.25, 0.3) is 11.4 Å². The van der Waals surface area contributed by atoms with Crippen molar-refractivity contribution in [3.05, 3.63) is 96.6 Å². The fourth-order valence-electron chi connectivity index (χ4n) is 2.74. The highest BCUT2D eigenvalue weighted by molar-refractivity contribution is 5.68. The molecule has 1 heterocycles. The highest BCUT2D eigenvalue weighted by Gasteiger charge is 2.08. The predicted octanol–water partition coefficient (Wildman–Crippen LogP) is 5.50. The van der Waals surface area contributed by atoms with Crippen LogP contribution in [0.15, 0.2) is 91.0 Å². The zero-order valence-corrected chi connectivity index (χ0v) is 15.0. The number of hydrogen-bond donors (Lipinski definition) is 2. The summed E-state index contributed by atoms with van der Waals surface area (Å²) in [5, 5.41) is 15.6. The molecular formula is C23H17N5. The van der Waals surface area contributed by atoms with Gasteiger partial charge in [-0.15, -0.1) is 0 Å². The molecule has 0 unspecified atom stereocenters. The van der Waals surface area contributed by atoms with E-state index in [1.165, 1.54) is 0 Å². The molecule has 5 heteroatoms. The molecule has 0 spiro atoms. The Labute approximate surface area is 163 Å². The van der Waals surface area contributed by atoms with Crippen molar-refractivity contribution in [2.24, 2.45) is 0 Å². The molecular weight excluding hydrogens is 346 g/mol. The summed E-state index contributed by atoms with van der Waals surface area (Å²) in [5.41, 5.74) is 3.35. The Bertz CT molecular complexity index is 1100. The van der Waals surface area contributed by atoms with Crippen LogP contribution < -0.4 is 10.6 Å². The molecule has 5 nitrogen and oxygen atoms in total. The summed E-state index contributed by atoms with van der Waals surface area (Å²) in [7, 11) is 0. The van der Waals surface area contributed by atoms with Crippen molar-refractivity contribution in [1.82, 2.24) is 9.97 Å². The van der Waals surface area contributed by atoms with Gasteiger partial charge in [-0.05, 0) is 36.4 Å². The van der Waals surface area contributed by atoms with Gasteiger partial charge in [-0.1, -0.05) is 48.5 Å². The third kappa shape index (κ3) is 4.14. The van der Waals surface area contributed by atoms with E-state index in [-0.39, 0.29) is 0 Å². The highest BCUT2D eigenvalue weighted by atomic mass is 15.1. The Kier molecular flexibility index (Phi) is 4.94. The summed E-state index contributed by atoms with van der Waals surface area (Å²) < 4.78 is 0. The lowest BCUT2D eigenvalue weighted by Crippen LogP contribution is -2.01. The van der Waals surface area contributed by atoms with Crippen molar-refractivity contribution >= 4 is 23.0 Å². The second kappa shape index (κ2) is 8.02. The number of hydrogen-bond acceptors (Lipinski definition) is 5. The number of benzene rings is 3. The summed E-state index contributed by atoms with van der Waals surface area (Å²) in [4.78, 5) is 9.32. The van der Waals surface area contributed by atoms with Gasteiger partial charge in [-0.2, -0.15) is 5.26 Å². The number of rotatable bonds is 5. The first kappa shape index (κ1) is 17.3. The van der Waals surface area contributed by atoms with Crippen LogP contribution in [0.4, 0.5) is 23.0 Å². The van der Waals surface area contributed by atoms with Gasteiger partial charge in [0.2, 0.25) is 0 Å². The third-order valence-electron chi connectivity index (χ3n) is 4.09. The SMILES string of the molecule is N#Cc1ccc(Nc2cc(Nc3ccccc3)nc(-c3ccccc3)n2)cc1. The van der Waals surface area contributed by atoms with Crippen LogP contribution in [-0.2, 0) is 0 Å². The number of nitrogens with one attached hydrogen (secondary N) is 2. The molecule has 1 aromatic heterocycles. The van der Waals surface area contributed by atoms with Crippen LogP contribution in [0.1, 0.15) is 5.56 Å². The maximum absolute atomic E-state index is 8.96. The molecule has 0 fully saturated rings. The van der Waals surface area contributed by atoms with Gasteiger partial charge >= 0.3 is 0 Å². The lowest BCUT2D eigenvalue weighted by Gasteiger charge is -2.12. The second-order valence-corrected chi connectivity index (χ2v) is 6.13. The van der Waals surface area contributed by atoms with Crippen molar-refractivity contribution in [3.8, 4) is 17.5 Å². The molecule has 4 rings (SSSR count). The zero-order valence-electron chi connectivity index (χ0n) is 15.0. The van der Waals surface area contributed by atoms with E-state index in [4.69, 9.17) is 5.26 Å². The molecule has 0 radical (unpaired) electrons. The Balaban J connectivity index is 1.69. The van der Waals surface area contributed by atoms with Crippen molar-refractivity contribution < 1.29 is 0 Å². The molecule has 0 atom stereocenters. The van der Waals surface area contributed by atoms with Gasteiger partial charge in [0.25, 0.3) is 0 Å². The van der Waals surface area contributed by atoms with Crippen LogP contribution >= 0.6 is 0 Å². The first-order valence-electron chi connectivity index (χ1n) is 8.84. The largest absolute Gasteiger partial charge is 0.340 e. The molecule has 0 saturated heterocycles. The molecule has 0 aliphatic heterocycles. The zero-order chi connectivity index (χ0) is 19.2. The minimum Gasteiger partial charge on any atom is -0.340 e. The molecule has 0 aliphatic rings. The average Bonchev–Trinajstić information content (AvgIpc) is 2.75. The van der Waals surface area contributed by atoms with Crippen molar-refractivity contribution in [2.45, 2.75) is 0 Å². The third-order valence-corrected chi connectivity index (χ3v) is 4.09. The molecule has 0 saturated carbocycles. The van der Waals surface area contributed by atoms with E-state index in [2.05, 4.69) is 26.7 Å². The van der Waals surface area contributed by atoms with E-state index in [1.54, 1.807) is 12.1 Å². The lowest BCUT2D eigenvalue weighted by atomic mass is 10.2. The Morgan fingerprint density at radius 2 is 1.18 bits per heavy atom. The summed E-state index contributed by atoms with van der Waals surface area (Å²) in [6.07, 6.45) is 0. The van der Waals surface area contributed by atoms with Crippen molar-refractivity contribution in [3.63, 3.8) is 0 Å². The van der Waals surface area contributed by atoms with Crippen LogP contribution in [0.5, 0.6) is 0 Å². The summed E-state index contributed by atoms with van der Waals surface area (Å²) in [6, 6.07) is 31.0. The number of nitrogens with zero attached hydrogens (tertiary/aromatic N) is 3. The molecule has 0 amide bonds. The maximum atomic E-state index is 8.96. The van der Waals surface area contributed by atoms with E-state index < -0.39 is 0 Å². The van der Waals surface area contributed by atoms with E-state index in [0.29, 0.717) is 23.0 Å². The quantitative estimate of drug-likeness (QED) is 0.489. The maximum Gasteiger partial charge on any atom is 0.163 e. The van der Waals surface area contributed by atoms with E-state index in [1.807, 2.05) is 78.9 Å². The Morgan fingerprint density at radius 3 is 1.75 bits per heavy atom. The van der Waals surface area contributed by atoms with Crippen LogP contribution in [0.2, 0.25) is 0 Å². The predicted molar refractivity (Wildman–Crippen MR) is 112 cm³/mol. The van der Waals surface area contributed by atoms with E-state index in [0.717, 1.165) is 16.9 Å². The van der Waals surface area contributed by atoms with Crippen molar-refractivity contribution in [1.29, 1.82) is 5.26 Å². The Morgan fingerprint density at radius 1 is 0.643 bits per heavy atom. The number of nitriles is 1. The van der Waals surface area contributed by atoms with Gasteiger partial charge in [-0.3, -0.25) is 0 Å². The normalized spacial score (nSPS) is 10.1. The topological polar surface area (TPSA) is 73.6 Å². The molecule has 28 heavy (non-hydrogen) atoms. The first-order valence-corrected chi connectivity index (χ1v) is 8.84. The fraction of sp³-hybridized carbons (Fsp3) is 0. The number of para-hydroxylation sites is 1. The van der Waals surface area contributed by atoms with Crippen LogP contribution in [-0.4, -0.2) is 9.97 Å². The fourth-order valence-corrected chi connectivity index (χ4v) is 2.74. The minimum absolute atomic E-state index is 0.615. The number of anilines is 4. The summed E-state index contributed by atoms with van der Waals surface area (Å²) >= 11 is 0. The van der Waals surface area contributed by atoms with Gasteiger partial charge in [0.15, 0.2) is 5.82 Å². The summed E-state index contributed by atoms with van der Waals surface area (Å²) in [5.74, 6) is 1.98. The van der Waals surface area contributed by atoms with Crippen LogP contribution in [0, 0.1) is 11.3 Å². The summed E-state index contributed by atoms with van der Waals surface area (Å²) in [6.45, 7) is 0. The van der Waals surface area contributed by atoms with Crippen LogP contribution in [0.3, 0.4) is 0 Å². The van der Waals surface area contributed by atoms with Gasteiger partial charge in [-0.25, -0.2) is 9.97 Å². The molecule has 2 N–H and O–H groups in total. The van der Waals surface area contributed by atoms with Gasteiger partial charge < -0.3 is 10.6 Å². The molecule has 3 aromatic carbocycles. The van der Waals surface area contributed by atoms with E-state index >= 15 is 0 Å². The molecule has 4 aromatic rings. The average molecular weight is 363 g/mol.